The molecule has 5 nitrogen and oxygen atoms in total. The minimum Gasteiger partial charge on any atom is -0.340 e. The highest BCUT2D eigenvalue weighted by Gasteiger charge is 2.34. The Bertz CT molecular complexity index is 1450. The topological polar surface area (TPSA) is 53.9 Å². The van der Waals surface area contributed by atoms with Crippen molar-refractivity contribution in [3.05, 3.63) is 90.4 Å². The molecule has 4 aromatic rings. The van der Waals surface area contributed by atoms with Gasteiger partial charge in [0.15, 0.2) is 0 Å². The van der Waals surface area contributed by atoms with Crippen LogP contribution < -0.4 is 5.32 Å². The molecular weight excluding hydrogens is 508 g/mol. The van der Waals surface area contributed by atoms with E-state index in [0.717, 1.165) is 18.2 Å². The minimum atomic E-state index is -4.60. The van der Waals surface area contributed by atoms with E-state index in [-0.39, 0.29) is 17.3 Å². The normalized spacial score (nSPS) is 13.1. The summed E-state index contributed by atoms with van der Waals surface area (Å²) in [5, 5.41) is 3.51. The summed E-state index contributed by atoms with van der Waals surface area (Å²) in [7, 11) is 1.84. The van der Waals surface area contributed by atoms with Crippen LogP contribution in [0, 0.1) is 0 Å². The van der Waals surface area contributed by atoms with Crippen LogP contribution in [0.2, 0.25) is 0 Å². The molecule has 11 heteroatoms. The van der Waals surface area contributed by atoms with Crippen LogP contribution in [0.15, 0.2) is 73.4 Å². The molecule has 0 bridgehead atoms. The van der Waals surface area contributed by atoms with E-state index in [0.29, 0.717) is 34.8 Å². The highest BCUT2D eigenvalue weighted by atomic mass is 19.4. The molecular formula is C27H23F6N5. The predicted molar refractivity (Wildman–Crippen MR) is 134 cm³/mol. The molecule has 1 atom stereocenters. The van der Waals surface area contributed by atoms with Gasteiger partial charge in [0.25, 0.3) is 0 Å². The summed E-state index contributed by atoms with van der Waals surface area (Å²) in [6.07, 6.45) is -6.09. The molecule has 0 amide bonds. The summed E-state index contributed by atoms with van der Waals surface area (Å²) in [5.74, 6) is 0.665. The molecule has 0 fully saturated rings. The molecule has 0 spiro atoms. The molecule has 0 radical (unpaired) electrons. The van der Waals surface area contributed by atoms with E-state index in [2.05, 4.69) is 26.8 Å². The first-order valence-corrected chi connectivity index (χ1v) is 11.5. The number of nitrogens with one attached hydrogen (secondary N) is 1. The number of anilines is 2. The van der Waals surface area contributed by atoms with Gasteiger partial charge in [0.05, 0.1) is 28.4 Å². The quantitative estimate of drug-likeness (QED) is 0.196. The van der Waals surface area contributed by atoms with Crippen LogP contribution in [-0.4, -0.2) is 33.4 Å². The number of alkyl halides is 6. The summed E-state index contributed by atoms with van der Waals surface area (Å²) in [5.41, 5.74) is -1.00. The molecule has 0 aliphatic carbocycles. The maximum atomic E-state index is 13.6. The lowest BCUT2D eigenvalue weighted by molar-refractivity contribution is -0.138. The SMILES string of the molecule is C=CCN(C)C(C)c1nc(Nc2ccc(C(F)(F)F)cc2)c2ccc(-c3ncccc3C(F)(F)F)cc2n1. The summed E-state index contributed by atoms with van der Waals surface area (Å²) in [6.45, 7) is 6.10. The maximum Gasteiger partial charge on any atom is 0.418 e. The number of halogens is 6. The van der Waals surface area contributed by atoms with Gasteiger partial charge in [-0.05, 0) is 62.5 Å². The lowest BCUT2D eigenvalue weighted by atomic mass is 10.0. The average molecular weight is 532 g/mol. The van der Waals surface area contributed by atoms with E-state index in [1.807, 2.05) is 18.9 Å². The first-order valence-electron chi connectivity index (χ1n) is 11.5. The molecule has 1 N–H and O–H groups in total. The Balaban J connectivity index is 1.84. The lowest BCUT2D eigenvalue weighted by Crippen LogP contribution is -2.24. The maximum absolute atomic E-state index is 13.6. The highest BCUT2D eigenvalue weighted by molar-refractivity contribution is 5.93. The number of rotatable bonds is 7. The van der Waals surface area contributed by atoms with Crippen molar-refractivity contribution >= 4 is 22.4 Å². The second kappa shape index (κ2) is 10.4. The Morgan fingerprint density at radius 1 is 0.974 bits per heavy atom. The Kier molecular flexibility index (Phi) is 7.41. The zero-order chi connectivity index (χ0) is 27.7. The smallest absolute Gasteiger partial charge is 0.340 e. The molecule has 4 rings (SSSR count). The standard InChI is InChI=1S/C27H23F6N5/c1-4-14-38(3)16(2)24-36-22-15-17(23-21(27(31,32)33)6-5-13-34-23)7-12-20(22)25(37-24)35-19-10-8-18(9-11-19)26(28,29)30/h4-13,15-16H,1,14H2,2-3H3,(H,35,36,37). The monoisotopic (exact) mass is 531 g/mol. The van der Waals surface area contributed by atoms with Gasteiger partial charge in [-0.25, -0.2) is 9.97 Å². The third kappa shape index (κ3) is 5.77. The van der Waals surface area contributed by atoms with Gasteiger partial charge in [0, 0.05) is 29.4 Å². The van der Waals surface area contributed by atoms with E-state index in [1.165, 1.54) is 36.5 Å². The van der Waals surface area contributed by atoms with Gasteiger partial charge in [0.1, 0.15) is 11.6 Å². The summed E-state index contributed by atoms with van der Waals surface area (Å²) in [4.78, 5) is 15.1. The fraction of sp³-hybridized carbons (Fsp3) is 0.222. The van der Waals surface area contributed by atoms with Crippen molar-refractivity contribution in [1.82, 2.24) is 19.9 Å². The molecule has 0 saturated carbocycles. The van der Waals surface area contributed by atoms with Gasteiger partial charge < -0.3 is 5.32 Å². The van der Waals surface area contributed by atoms with E-state index >= 15 is 0 Å². The number of hydrogen-bond acceptors (Lipinski definition) is 5. The number of nitrogens with zero attached hydrogens (tertiary/aromatic N) is 4. The second-order valence-corrected chi connectivity index (χ2v) is 8.66. The second-order valence-electron chi connectivity index (χ2n) is 8.66. The molecule has 0 aliphatic heterocycles. The molecule has 38 heavy (non-hydrogen) atoms. The Hall–Kier alpha value is -3.99. The molecule has 198 valence electrons. The average Bonchev–Trinajstić information content (AvgIpc) is 2.87. The van der Waals surface area contributed by atoms with E-state index < -0.39 is 23.5 Å². The number of aromatic nitrogens is 3. The van der Waals surface area contributed by atoms with Crippen LogP contribution in [0.3, 0.4) is 0 Å². The fourth-order valence-corrected chi connectivity index (χ4v) is 3.88. The van der Waals surface area contributed by atoms with Crippen LogP contribution in [0.5, 0.6) is 0 Å². The highest BCUT2D eigenvalue weighted by Crippen LogP contribution is 2.37. The molecule has 0 aliphatic rings. The van der Waals surface area contributed by atoms with E-state index in [4.69, 9.17) is 0 Å². The third-order valence-electron chi connectivity index (χ3n) is 6.03. The van der Waals surface area contributed by atoms with Crippen LogP contribution in [-0.2, 0) is 12.4 Å². The Labute approximate surface area is 214 Å². The van der Waals surface area contributed by atoms with Gasteiger partial charge in [-0.1, -0.05) is 12.1 Å². The van der Waals surface area contributed by atoms with Crippen molar-refractivity contribution in [3.63, 3.8) is 0 Å². The van der Waals surface area contributed by atoms with Gasteiger partial charge in [-0.3, -0.25) is 9.88 Å². The number of hydrogen-bond donors (Lipinski definition) is 1. The summed E-state index contributed by atoms with van der Waals surface area (Å²) >= 11 is 0. The van der Waals surface area contributed by atoms with Crippen LogP contribution >= 0.6 is 0 Å². The van der Waals surface area contributed by atoms with Gasteiger partial charge in [-0.15, -0.1) is 6.58 Å². The summed E-state index contributed by atoms with van der Waals surface area (Å²) in [6, 6.07) is 10.9. The molecule has 2 aromatic carbocycles. The summed E-state index contributed by atoms with van der Waals surface area (Å²) < 4.78 is 79.8. The Morgan fingerprint density at radius 3 is 2.32 bits per heavy atom. The van der Waals surface area contributed by atoms with Crippen molar-refractivity contribution in [2.75, 3.05) is 18.9 Å². The van der Waals surface area contributed by atoms with Gasteiger partial charge >= 0.3 is 12.4 Å². The first kappa shape index (κ1) is 27.1. The minimum absolute atomic E-state index is 0.211. The Morgan fingerprint density at radius 2 is 1.68 bits per heavy atom. The van der Waals surface area contributed by atoms with Crippen molar-refractivity contribution in [2.24, 2.45) is 0 Å². The number of benzene rings is 2. The number of pyridine rings is 1. The largest absolute Gasteiger partial charge is 0.418 e. The molecule has 2 aromatic heterocycles. The molecule has 0 saturated heterocycles. The van der Waals surface area contributed by atoms with Crippen molar-refractivity contribution < 1.29 is 26.3 Å². The number of likely N-dealkylation sites (N-methyl/N-ethyl adjacent to an activating group) is 1. The zero-order valence-electron chi connectivity index (χ0n) is 20.4. The van der Waals surface area contributed by atoms with Crippen LogP contribution in [0.25, 0.3) is 22.2 Å². The van der Waals surface area contributed by atoms with E-state index in [1.54, 1.807) is 12.1 Å². The lowest BCUT2D eigenvalue weighted by Gasteiger charge is -2.23. The predicted octanol–water partition coefficient (Wildman–Crippen LogP) is 7.65. The van der Waals surface area contributed by atoms with Gasteiger partial charge in [-0.2, -0.15) is 26.3 Å². The fourth-order valence-electron chi connectivity index (χ4n) is 3.88. The molecule has 2 heterocycles. The van der Waals surface area contributed by atoms with Crippen LogP contribution in [0.4, 0.5) is 37.8 Å². The zero-order valence-corrected chi connectivity index (χ0v) is 20.4. The van der Waals surface area contributed by atoms with Crippen LogP contribution in [0.1, 0.15) is 29.9 Å². The van der Waals surface area contributed by atoms with Gasteiger partial charge in [0.2, 0.25) is 0 Å². The molecule has 1 unspecified atom stereocenters. The van der Waals surface area contributed by atoms with Crippen molar-refractivity contribution in [2.45, 2.75) is 25.3 Å². The van der Waals surface area contributed by atoms with Crippen molar-refractivity contribution in [3.8, 4) is 11.3 Å². The first-order chi connectivity index (χ1) is 17.9. The van der Waals surface area contributed by atoms with E-state index in [9.17, 15) is 26.3 Å². The third-order valence-corrected chi connectivity index (χ3v) is 6.03. The number of fused-ring (bicyclic) bond motifs is 1. The van der Waals surface area contributed by atoms with Crippen molar-refractivity contribution in [1.29, 1.82) is 0 Å².